The van der Waals surface area contributed by atoms with Crippen LogP contribution in [0.3, 0.4) is 0 Å². The zero-order valence-corrected chi connectivity index (χ0v) is 9.98. The molecule has 0 atom stereocenters. The summed E-state index contributed by atoms with van der Waals surface area (Å²) in [6.45, 7) is 0. The minimum absolute atomic E-state index is 0.00827. The van der Waals surface area contributed by atoms with E-state index in [1.54, 1.807) is 24.1 Å². The van der Waals surface area contributed by atoms with Crippen LogP contribution in [-0.4, -0.2) is 30.1 Å². The van der Waals surface area contributed by atoms with E-state index < -0.39 is 0 Å². The third-order valence-electron chi connectivity index (χ3n) is 2.60. The fraction of sp³-hybridized carbons (Fsp3) is 0.0833. The van der Waals surface area contributed by atoms with Gasteiger partial charge in [0, 0.05) is 13.2 Å². The molecule has 0 aliphatic heterocycles. The molecule has 0 fully saturated rings. The lowest BCUT2D eigenvalue weighted by Gasteiger charge is -1.99. The van der Waals surface area contributed by atoms with Crippen LogP contribution in [0.25, 0.3) is 22.8 Å². The highest BCUT2D eigenvalue weighted by molar-refractivity contribution is 5.66. The van der Waals surface area contributed by atoms with E-state index in [0.717, 1.165) is 0 Å². The highest BCUT2D eigenvalue weighted by Gasteiger charge is 2.15. The maximum atomic E-state index is 9.72. The fourth-order valence-electron chi connectivity index (χ4n) is 1.68. The van der Waals surface area contributed by atoms with E-state index >= 15 is 0 Å². The van der Waals surface area contributed by atoms with E-state index in [4.69, 9.17) is 4.52 Å². The summed E-state index contributed by atoms with van der Waals surface area (Å²) in [5.74, 6) is 0.464. The largest absolute Gasteiger partial charge is 0.508 e. The molecule has 0 bridgehead atoms. The van der Waals surface area contributed by atoms with Gasteiger partial charge in [0.25, 0.3) is 5.89 Å². The van der Waals surface area contributed by atoms with Gasteiger partial charge in [-0.15, -0.1) is 0 Å². The molecule has 2 N–H and O–H groups in total. The van der Waals surface area contributed by atoms with E-state index in [9.17, 15) is 10.2 Å². The van der Waals surface area contributed by atoms with Gasteiger partial charge in [0.05, 0.1) is 17.3 Å². The van der Waals surface area contributed by atoms with Crippen LogP contribution >= 0.6 is 0 Å². The van der Waals surface area contributed by atoms with Gasteiger partial charge in [0.1, 0.15) is 11.5 Å². The normalized spacial score (nSPS) is 10.8. The molecule has 1 aromatic carbocycles. The average Bonchev–Trinajstić information content (AvgIpc) is 3.00. The van der Waals surface area contributed by atoms with Crippen molar-refractivity contribution in [3.63, 3.8) is 0 Å². The topological polar surface area (TPSA) is 97.2 Å². The van der Waals surface area contributed by atoms with Crippen LogP contribution in [0.15, 0.2) is 35.1 Å². The molecule has 0 spiro atoms. The van der Waals surface area contributed by atoms with Gasteiger partial charge < -0.3 is 14.7 Å². The van der Waals surface area contributed by atoms with Crippen molar-refractivity contribution in [1.82, 2.24) is 19.9 Å². The Bertz CT molecular complexity index is 732. The quantitative estimate of drug-likeness (QED) is 0.677. The molecule has 0 unspecified atom stereocenters. The van der Waals surface area contributed by atoms with E-state index in [1.165, 1.54) is 18.2 Å². The molecule has 19 heavy (non-hydrogen) atoms. The smallest absolute Gasteiger partial charge is 0.262 e. The molecule has 96 valence electrons. The summed E-state index contributed by atoms with van der Waals surface area (Å²) in [4.78, 5) is 4.16. The van der Waals surface area contributed by atoms with Crippen LogP contribution in [0.5, 0.6) is 11.5 Å². The molecule has 7 heteroatoms. The van der Waals surface area contributed by atoms with Crippen molar-refractivity contribution in [1.29, 1.82) is 0 Å². The van der Waals surface area contributed by atoms with Gasteiger partial charge in [0.2, 0.25) is 5.82 Å². The summed E-state index contributed by atoms with van der Waals surface area (Å²) in [7, 11) is 1.78. The maximum Gasteiger partial charge on any atom is 0.262 e. The Morgan fingerprint density at radius 1 is 1.26 bits per heavy atom. The van der Waals surface area contributed by atoms with Crippen molar-refractivity contribution >= 4 is 0 Å². The molecule has 0 amide bonds. The lowest BCUT2D eigenvalue weighted by molar-refractivity contribution is 0.423. The predicted octanol–water partition coefficient (Wildman–Crippen LogP) is 1.55. The number of phenolic OH excluding ortho intramolecular Hbond substituents is 2. The summed E-state index contributed by atoms with van der Waals surface area (Å²) in [6, 6.07) is 4.09. The van der Waals surface area contributed by atoms with Crippen molar-refractivity contribution < 1.29 is 14.7 Å². The monoisotopic (exact) mass is 258 g/mol. The van der Waals surface area contributed by atoms with Crippen molar-refractivity contribution in [2.24, 2.45) is 7.05 Å². The van der Waals surface area contributed by atoms with E-state index in [-0.39, 0.29) is 23.0 Å². The van der Waals surface area contributed by atoms with Gasteiger partial charge in [-0.1, -0.05) is 5.16 Å². The standard InChI is InChI=1S/C12H10N4O3/c1-16-6-7(5-13-16)11-14-12(19-15-11)9-4-8(17)2-3-10(9)18/h2-6,17-18H,1H3. The van der Waals surface area contributed by atoms with Crippen molar-refractivity contribution in [3.05, 3.63) is 30.6 Å². The number of hydrogen-bond donors (Lipinski definition) is 2. The first kappa shape index (κ1) is 11.3. The number of aromatic hydroxyl groups is 2. The number of aromatic nitrogens is 4. The first-order chi connectivity index (χ1) is 9.13. The summed E-state index contributed by atoms with van der Waals surface area (Å²) in [5.41, 5.74) is 0.986. The van der Waals surface area contributed by atoms with Crippen LogP contribution < -0.4 is 0 Å². The number of hydrogen-bond acceptors (Lipinski definition) is 6. The first-order valence-electron chi connectivity index (χ1n) is 5.48. The Kier molecular flexibility index (Phi) is 2.45. The SMILES string of the molecule is Cn1cc(-c2noc(-c3cc(O)ccc3O)n2)cn1. The second-order valence-electron chi connectivity index (χ2n) is 4.03. The minimum atomic E-state index is -0.0424. The van der Waals surface area contributed by atoms with Gasteiger partial charge in [-0.25, -0.2) is 0 Å². The summed E-state index contributed by atoms with van der Waals surface area (Å²) < 4.78 is 6.70. The van der Waals surface area contributed by atoms with Crippen molar-refractivity contribution in [2.75, 3.05) is 0 Å². The van der Waals surface area contributed by atoms with E-state index in [1.807, 2.05) is 0 Å². The van der Waals surface area contributed by atoms with E-state index in [0.29, 0.717) is 11.4 Å². The zero-order valence-electron chi connectivity index (χ0n) is 9.98. The van der Waals surface area contributed by atoms with Gasteiger partial charge in [-0.3, -0.25) is 4.68 Å². The Labute approximate surface area is 107 Å². The molecule has 0 saturated carbocycles. The molecule has 3 aromatic rings. The minimum Gasteiger partial charge on any atom is -0.508 e. The fourth-order valence-corrected chi connectivity index (χ4v) is 1.68. The van der Waals surface area contributed by atoms with Gasteiger partial charge in [-0.2, -0.15) is 10.1 Å². The molecule has 0 aliphatic rings. The molecule has 7 nitrogen and oxygen atoms in total. The number of benzene rings is 1. The third kappa shape index (κ3) is 2.01. The van der Waals surface area contributed by atoms with Crippen LogP contribution in [0, 0.1) is 0 Å². The molecule has 2 aromatic heterocycles. The highest BCUT2D eigenvalue weighted by Crippen LogP contribution is 2.32. The Morgan fingerprint density at radius 2 is 2.11 bits per heavy atom. The van der Waals surface area contributed by atoms with Crippen LogP contribution in [0.1, 0.15) is 0 Å². The molecule has 2 heterocycles. The number of phenols is 2. The number of aryl methyl sites for hydroxylation is 1. The van der Waals surface area contributed by atoms with Crippen molar-refractivity contribution in [3.8, 4) is 34.3 Å². The summed E-state index contributed by atoms with van der Waals surface area (Å²) in [5, 5.41) is 27.0. The van der Waals surface area contributed by atoms with E-state index in [2.05, 4.69) is 15.2 Å². The van der Waals surface area contributed by atoms with Crippen LogP contribution in [0.2, 0.25) is 0 Å². The van der Waals surface area contributed by atoms with Crippen molar-refractivity contribution in [2.45, 2.75) is 0 Å². The lowest BCUT2D eigenvalue weighted by atomic mass is 10.2. The Balaban J connectivity index is 2.03. The maximum absolute atomic E-state index is 9.72. The molecular formula is C12H10N4O3. The molecule has 3 rings (SSSR count). The van der Waals surface area contributed by atoms with Gasteiger partial charge in [0.15, 0.2) is 0 Å². The molecule has 0 radical (unpaired) electrons. The second kappa shape index (κ2) is 4.13. The molecular weight excluding hydrogens is 248 g/mol. The lowest BCUT2D eigenvalue weighted by Crippen LogP contribution is -1.84. The number of rotatable bonds is 2. The highest BCUT2D eigenvalue weighted by atomic mass is 16.5. The first-order valence-corrected chi connectivity index (χ1v) is 5.48. The average molecular weight is 258 g/mol. The van der Waals surface area contributed by atoms with Crippen LogP contribution in [0.4, 0.5) is 0 Å². The second-order valence-corrected chi connectivity index (χ2v) is 4.03. The summed E-state index contributed by atoms with van der Waals surface area (Å²) >= 11 is 0. The predicted molar refractivity (Wildman–Crippen MR) is 65.3 cm³/mol. The Hall–Kier alpha value is -2.83. The van der Waals surface area contributed by atoms with Crippen LogP contribution in [-0.2, 0) is 7.05 Å². The van der Waals surface area contributed by atoms with Gasteiger partial charge >= 0.3 is 0 Å². The third-order valence-corrected chi connectivity index (χ3v) is 2.60. The molecule has 0 aliphatic carbocycles. The Morgan fingerprint density at radius 3 is 2.84 bits per heavy atom. The molecule has 0 saturated heterocycles. The zero-order chi connectivity index (χ0) is 13.4. The van der Waals surface area contributed by atoms with Gasteiger partial charge in [-0.05, 0) is 18.2 Å². The number of nitrogens with zero attached hydrogens (tertiary/aromatic N) is 4. The summed E-state index contributed by atoms with van der Waals surface area (Å²) in [6.07, 6.45) is 3.36.